The molecule has 0 radical (unpaired) electrons. The number of hydrogen-bond donors (Lipinski definition) is 1. The second kappa shape index (κ2) is 6.26. The fourth-order valence-corrected chi connectivity index (χ4v) is 4.11. The van der Waals surface area contributed by atoms with Gasteiger partial charge in [-0.2, -0.15) is 0 Å². The zero-order valence-corrected chi connectivity index (χ0v) is 13.0. The molecule has 6 nitrogen and oxygen atoms in total. The first-order valence-corrected chi connectivity index (χ1v) is 8.44. The number of amides is 3. The molecule has 0 bridgehead atoms. The Morgan fingerprint density at radius 1 is 1.00 bits per heavy atom. The van der Waals surface area contributed by atoms with E-state index in [9.17, 15) is 14.4 Å². The van der Waals surface area contributed by atoms with E-state index in [0.717, 1.165) is 12.8 Å². The van der Waals surface area contributed by atoms with Crippen LogP contribution in [0.1, 0.15) is 44.9 Å². The van der Waals surface area contributed by atoms with Crippen LogP contribution in [0.4, 0.5) is 0 Å². The Bertz CT molecular complexity index is 465. The Morgan fingerprint density at radius 3 is 2.23 bits per heavy atom. The highest BCUT2D eigenvalue weighted by Gasteiger charge is 2.40. The van der Waals surface area contributed by atoms with E-state index in [2.05, 4.69) is 0 Å². The van der Waals surface area contributed by atoms with E-state index in [-0.39, 0.29) is 29.6 Å². The zero-order chi connectivity index (χ0) is 15.7. The van der Waals surface area contributed by atoms with Gasteiger partial charge in [0.2, 0.25) is 17.7 Å². The minimum atomic E-state index is -0.268. The highest BCUT2D eigenvalue weighted by molar-refractivity contribution is 5.89. The summed E-state index contributed by atoms with van der Waals surface area (Å²) in [7, 11) is 0. The van der Waals surface area contributed by atoms with Gasteiger partial charge in [0.15, 0.2) is 0 Å². The van der Waals surface area contributed by atoms with Crippen LogP contribution in [0.3, 0.4) is 0 Å². The molecule has 0 aromatic heterocycles. The molecule has 122 valence electrons. The van der Waals surface area contributed by atoms with Crippen molar-refractivity contribution in [3.8, 4) is 0 Å². The van der Waals surface area contributed by atoms with Gasteiger partial charge in [0.1, 0.15) is 0 Å². The molecule has 22 heavy (non-hydrogen) atoms. The number of nitrogens with zero attached hydrogens (tertiary/aromatic N) is 2. The van der Waals surface area contributed by atoms with Gasteiger partial charge in [-0.25, -0.2) is 0 Å². The first-order chi connectivity index (χ1) is 10.6. The Hall–Kier alpha value is -1.59. The highest BCUT2D eigenvalue weighted by atomic mass is 16.2. The minimum Gasteiger partial charge on any atom is -0.369 e. The average Bonchev–Trinajstić information content (AvgIpc) is 3.15. The summed E-state index contributed by atoms with van der Waals surface area (Å²) < 4.78 is 0. The summed E-state index contributed by atoms with van der Waals surface area (Å²) in [6, 6.07) is 0.353. The summed E-state index contributed by atoms with van der Waals surface area (Å²) in [6.07, 6.45) is 6.18. The van der Waals surface area contributed by atoms with Crippen molar-refractivity contribution in [1.82, 2.24) is 9.80 Å². The number of piperidine rings is 1. The molecule has 1 aliphatic carbocycles. The van der Waals surface area contributed by atoms with Gasteiger partial charge < -0.3 is 15.5 Å². The van der Waals surface area contributed by atoms with Gasteiger partial charge in [-0.05, 0) is 25.7 Å². The van der Waals surface area contributed by atoms with Crippen LogP contribution in [0.25, 0.3) is 0 Å². The van der Waals surface area contributed by atoms with E-state index in [4.69, 9.17) is 5.73 Å². The molecule has 2 N–H and O–H groups in total. The van der Waals surface area contributed by atoms with Crippen LogP contribution in [-0.2, 0) is 14.4 Å². The second-order valence-electron chi connectivity index (χ2n) is 6.89. The number of likely N-dealkylation sites (tertiary alicyclic amines) is 2. The summed E-state index contributed by atoms with van der Waals surface area (Å²) in [6.45, 7) is 1.75. The molecule has 6 heteroatoms. The third-order valence-electron chi connectivity index (χ3n) is 5.48. The van der Waals surface area contributed by atoms with Gasteiger partial charge in [0.05, 0.1) is 5.92 Å². The Labute approximate surface area is 131 Å². The maximum Gasteiger partial charge on any atom is 0.227 e. The molecule has 3 aliphatic rings. The molecule has 0 unspecified atom stereocenters. The first kappa shape index (κ1) is 15.3. The van der Waals surface area contributed by atoms with Crippen LogP contribution in [0, 0.1) is 11.8 Å². The lowest BCUT2D eigenvalue weighted by atomic mass is 9.95. The molecular formula is C16H25N3O3. The molecular weight excluding hydrogens is 282 g/mol. The number of carbonyl (C=O) groups excluding carboxylic acids is 3. The maximum absolute atomic E-state index is 12.6. The lowest BCUT2D eigenvalue weighted by Crippen LogP contribution is -2.45. The number of carbonyl (C=O) groups is 3. The van der Waals surface area contributed by atoms with E-state index < -0.39 is 0 Å². The standard InChI is InChI=1S/C16H25N3O3/c17-15(21)11-5-7-18(8-6-11)16(22)12-9-14(20)19(10-12)13-3-1-2-4-13/h11-13H,1-10H2,(H2,17,21)/t12-/m1/s1. The fraction of sp³-hybridized carbons (Fsp3) is 0.812. The minimum absolute atomic E-state index is 0.0803. The predicted octanol–water partition coefficient (Wildman–Crippen LogP) is 0.501. The van der Waals surface area contributed by atoms with E-state index in [1.807, 2.05) is 9.80 Å². The third-order valence-corrected chi connectivity index (χ3v) is 5.48. The molecule has 2 heterocycles. The molecule has 1 atom stereocenters. The first-order valence-electron chi connectivity index (χ1n) is 8.44. The summed E-state index contributed by atoms with van der Waals surface area (Å²) in [5.41, 5.74) is 5.32. The quantitative estimate of drug-likeness (QED) is 0.824. The molecule has 1 saturated carbocycles. The number of nitrogens with two attached hydrogens (primary N) is 1. The predicted molar refractivity (Wildman–Crippen MR) is 80.6 cm³/mol. The van der Waals surface area contributed by atoms with Crippen LogP contribution in [0.15, 0.2) is 0 Å². The van der Waals surface area contributed by atoms with Crippen LogP contribution in [0.5, 0.6) is 0 Å². The van der Waals surface area contributed by atoms with E-state index >= 15 is 0 Å². The maximum atomic E-state index is 12.6. The molecule has 3 amide bonds. The number of rotatable bonds is 3. The Kier molecular flexibility index (Phi) is 4.36. The van der Waals surface area contributed by atoms with Crippen molar-refractivity contribution < 1.29 is 14.4 Å². The molecule has 3 fully saturated rings. The number of hydrogen-bond acceptors (Lipinski definition) is 3. The van der Waals surface area contributed by atoms with E-state index in [1.165, 1.54) is 12.8 Å². The smallest absolute Gasteiger partial charge is 0.227 e. The summed E-state index contributed by atoms with van der Waals surface area (Å²) in [5.74, 6) is -0.355. The van der Waals surface area contributed by atoms with E-state index in [1.54, 1.807) is 0 Å². The molecule has 0 aromatic rings. The summed E-state index contributed by atoms with van der Waals surface area (Å²) >= 11 is 0. The van der Waals surface area contributed by atoms with Crippen molar-refractivity contribution in [2.45, 2.75) is 51.0 Å². The third kappa shape index (κ3) is 2.96. The van der Waals surface area contributed by atoms with Gasteiger partial charge in [0.25, 0.3) is 0 Å². The Balaban J connectivity index is 1.55. The molecule has 2 aliphatic heterocycles. The van der Waals surface area contributed by atoms with Crippen molar-refractivity contribution in [2.75, 3.05) is 19.6 Å². The molecule has 0 spiro atoms. The number of primary amides is 1. The molecule has 2 saturated heterocycles. The van der Waals surface area contributed by atoms with Crippen LogP contribution in [-0.4, -0.2) is 53.2 Å². The average molecular weight is 307 g/mol. The van der Waals surface area contributed by atoms with Crippen molar-refractivity contribution in [1.29, 1.82) is 0 Å². The largest absolute Gasteiger partial charge is 0.369 e. The van der Waals surface area contributed by atoms with Gasteiger partial charge in [0, 0.05) is 38.0 Å². The van der Waals surface area contributed by atoms with Gasteiger partial charge in [-0.15, -0.1) is 0 Å². The van der Waals surface area contributed by atoms with Crippen LogP contribution in [0.2, 0.25) is 0 Å². The monoisotopic (exact) mass is 307 g/mol. The lowest BCUT2D eigenvalue weighted by Gasteiger charge is -2.32. The van der Waals surface area contributed by atoms with Gasteiger partial charge in [-0.1, -0.05) is 12.8 Å². The second-order valence-corrected chi connectivity index (χ2v) is 6.89. The highest BCUT2D eigenvalue weighted by Crippen LogP contribution is 2.30. The van der Waals surface area contributed by atoms with Crippen molar-refractivity contribution in [3.63, 3.8) is 0 Å². The van der Waals surface area contributed by atoms with E-state index in [0.29, 0.717) is 44.9 Å². The summed E-state index contributed by atoms with van der Waals surface area (Å²) in [5, 5.41) is 0. The van der Waals surface area contributed by atoms with Gasteiger partial charge >= 0.3 is 0 Å². The van der Waals surface area contributed by atoms with Crippen molar-refractivity contribution in [3.05, 3.63) is 0 Å². The summed E-state index contributed by atoms with van der Waals surface area (Å²) in [4.78, 5) is 39.7. The SMILES string of the molecule is NC(=O)C1CCN(C(=O)[C@@H]2CC(=O)N(C3CCCC3)C2)CC1. The molecule has 0 aromatic carbocycles. The molecule has 3 rings (SSSR count). The van der Waals surface area contributed by atoms with Crippen LogP contribution < -0.4 is 5.73 Å². The van der Waals surface area contributed by atoms with Crippen LogP contribution >= 0.6 is 0 Å². The fourth-order valence-electron chi connectivity index (χ4n) is 4.11. The zero-order valence-electron chi connectivity index (χ0n) is 13.0. The van der Waals surface area contributed by atoms with Gasteiger partial charge in [-0.3, -0.25) is 14.4 Å². The normalized spacial score (nSPS) is 27.6. The topological polar surface area (TPSA) is 83.7 Å². The van der Waals surface area contributed by atoms with Crippen molar-refractivity contribution in [2.24, 2.45) is 17.6 Å². The van der Waals surface area contributed by atoms with Crippen molar-refractivity contribution >= 4 is 17.7 Å². The Morgan fingerprint density at radius 2 is 1.64 bits per heavy atom. The lowest BCUT2D eigenvalue weighted by molar-refractivity contribution is -0.138.